The van der Waals surface area contributed by atoms with E-state index in [-0.39, 0.29) is 11.4 Å². The van der Waals surface area contributed by atoms with Gasteiger partial charge in [-0.05, 0) is 56.3 Å². The minimum atomic E-state index is -0.148. The van der Waals surface area contributed by atoms with Crippen LogP contribution in [0, 0.1) is 5.82 Å². The Balaban J connectivity index is 2.38. The summed E-state index contributed by atoms with van der Waals surface area (Å²) in [6, 6.07) is 5.08. The van der Waals surface area contributed by atoms with Crippen LogP contribution in [0.4, 0.5) is 4.39 Å². The summed E-state index contributed by atoms with van der Waals surface area (Å²) in [4.78, 5) is 1.33. The van der Waals surface area contributed by atoms with E-state index < -0.39 is 0 Å². The number of fused-ring (bicyclic) bond motifs is 1. The average molecular weight is 265 g/mol. The molecule has 3 heteroatoms. The van der Waals surface area contributed by atoms with E-state index in [0.717, 1.165) is 18.4 Å². The van der Waals surface area contributed by atoms with Gasteiger partial charge in [0.25, 0.3) is 0 Å². The van der Waals surface area contributed by atoms with E-state index >= 15 is 0 Å². The Bertz CT molecular complexity index is 551. The van der Waals surface area contributed by atoms with Crippen molar-refractivity contribution in [3.05, 3.63) is 34.5 Å². The van der Waals surface area contributed by atoms with E-state index in [1.165, 1.54) is 15.1 Å². The third-order valence-electron chi connectivity index (χ3n) is 2.97. The number of hydrogen-bond acceptors (Lipinski definition) is 2. The Morgan fingerprint density at radius 3 is 2.61 bits per heavy atom. The molecule has 0 fully saturated rings. The lowest BCUT2D eigenvalue weighted by Gasteiger charge is -2.20. The van der Waals surface area contributed by atoms with Crippen LogP contribution < -0.4 is 5.32 Å². The molecule has 1 heterocycles. The third kappa shape index (κ3) is 2.90. The molecule has 0 amide bonds. The van der Waals surface area contributed by atoms with Gasteiger partial charge in [-0.15, -0.1) is 11.3 Å². The molecule has 18 heavy (non-hydrogen) atoms. The summed E-state index contributed by atoms with van der Waals surface area (Å²) in [5, 5.41) is 4.58. The number of thiophene rings is 1. The molecule has 1 aromatic heterocycles. The van der Waals surface area contributed by atoms with Gasteiger partial charge in [-0.3, -0.25) is 0 Å². The van der Waals surface area contributed by atoms with Gasteiger partial charge in [-0.25, -0.2) is 4.39 Å². The summed E-state index contributed by atoms with van der Waals surface area (Å²) in [5.74, 6) is -0.148. The smallest absolute Gasteiger partial charge is 0.123 e. The van der Waals surface area contributed by atoms with Crippen molar-refractivity contribution in [2.45, 2.75) is 46.2 Å². The fourth-order valence-corrected chi connectivity index (χ4v) is 3.26. The summed E-state index contributed by atoms with van der Waals surface area (Å²) >= 11 is 1.77. The second-order valence-electron chi connectivity index (χ2n) is 5.60. The molecule has 2 aromatic rings. The minimum Gasteiger partial charge on any atom is -0.307 e. The molecule has 0 aliphatic carbocycles. The molecule has 98 valence electrons. The Kier molecular flexibility index (Phi) is 3.74. The van der Waals surface area contributed by atoms with E-state index in [4.69, 9.17) is 0 Å². The fourth-order valence-electron chi connectivity index (χ4n) is 2.05. The molecule has 0 saturated heterocycles. The summed E-state index contributed by atoms with van der Waals surface area (Å²) in [6.07, 6.45) is 0.949. The minimum absolute atomic E-state index is 0.104. The second-order valence-corrected chi connectivity index (χ2v) is 6.74. The van der Waals surface area contributed by atoms with Crippen molar-refractivity contribution < 1.29 is 4.39 Å². The van der Waals surface area contributed by atoms with Crippen molar-refractivity contribution in [2.24, 2.45) is 0 Å². The quantitative estimate of drug-likeness (QED) is 0.862. The molecule has 0 aliphatic heterocycles. The zero-order chi connectivity index (χ0) is 13.3. The molecule has 2 rings (SSSR count). The lowest BCUT2D eigenvalue weighted by Crippen LogP contribution is -2.35. The number of benzene rings is 1. The highest BCUT2D eigenvalue weighted by atomic mass is 32.1. The van der Waals surface area contributed by atoms with E-state index in [0.29, 0.717) is 0 Å². The van der Waals surface area contributed by atoms with Crippen LogP contribution in [0.25, 0.3) is 10.1 Å². The first-order valence-electron chi connectivity index (χ1n) is 6.35. The maximum absolute atomic E-state index is 13.3. The summed E-state index contributed by atoms with van der Waals surface area (Å²) in [7, 11) is 0. The first-order valence-corrected chi connectivity index (χ1v) is 7.17. The normalized spacial score (nSPS) is 12.3. The van der Waals surface area contributed by atoms with Crippen molar-refractivity contribution >= 4 is 21.4 Å². The molecule has 0 unspecified atom stereocenters. The van der Waals surface area contributed by atoms with Crippen LogP contribution in [0.1, 0.15) is 38.1 Å². The maximum atomic E-state index is 13.3. The molecule has 1 N–H and O–H groups in total. The van der Waals surface area contributed by atoms with Gasteiger partial charge in [-0.1, -0.05) is 6.92 Å². The average Bonchev–Trinajstić information content (AvgIpc) is 2.62. The van der Waals surface area contributed by atoms with Crippen LogP contribution in [0.3, 0.4) is 0 Å². The Hall–Kier alpha value is -0.930. The number of halogens is 1. The molecule has 0 saturated carbocycles. The van der Waals surface area contributed by atoms with Crippen molar-refractivity contribution in [3.8, 4) is 0 Å². The van der Waals surface area contributed by atoms with Gasteiger partial charge in [0.05, 0.1) is 0 Å². The predicted molar refractivity (Wildman–Crippen MR) is 77.8 cm³/mol. The van der Waals surface area contributed by atoms with Crippen molar-refractivity contribution in [2.75, 3.05) is 0 Å². The van der Waals surface area contributed by atoms with Gasteiger partial charge < -0.3 is 5.32 Å². The van der Waals surface area contributed by atoms with Gasteiger partial charge in [0, 0.05) is 21.7 Å². The number of rotatable bonds is 3. The van der Waals surface area contributed by atoms with Crippen LogP contribution in [0.5, 0.6) is 0 Å². The van der Waals surface area contributed by atoms with E-state index in [1.54, 1.807) is 23.5 Å². The molecular formula is C15H20FNS. The highest BCUT2D eigenvalue weighted by molar-refractivity contribution is 7.19. The van der Waals surface area contributed by atoms with Crippen LogP contribution in [-0.4, -0.2) is 5.54 Å². The van der Waals surface area contributed by atoms with Crippen LogP contribution in [-0.2, 0) is 13.0 Å². The number of nitrogens with one attached hydrogen (secondary N) is 1. The SMILES string of the molecule is CCc1c(CNC(C)(C)C)sc2ccc(F)cc12. The number of hydrogen-bond donors (Lipinski definition) is 1. The van der Waals surface area contributed by atoms with Crippen molar-refractivity contribution in [1.29, 1.82) is 0 Å². The van der Waals surface area contributed by atoms with Crippen LogP contribution in [0.2, 0.25) is 0 Å². The molecule has 1 aromatic carbocycles. The largest absolute Gasteiger partial charge is 0.307 e. The standard InChI is InChI=1S/C15H20FNS/c1-5-11-12-8-10(16)6-7-13(12)18-14(11)9-17-15(2,3)4/h6-8,17H,5,9H2,1-4H3. The summed E-state index contributed by atoms with van der Waals surface area (Å²) in [6.45, 7) is 9.46. The lowest BCUT2D eigenvalue weighted by atomic mass is 10.1. The summed E-state index contributed by atoms with van der Waals surface area (Å²) in [5.41, 5.74) is 1.39. The first-order chi connectivity index (χ1) is 8.40. The van der Waals surface area contributed by atoms with Gasteiger partial charge in [0.2, 0.25) is 0 Å². The van der Waals surface area contributed by atoms with Crippen LogP contribution >= 0.6 is 11.3 Å². The molecule has 1 nitrogen and oxygen atoms in total. The molecule has 0 atom stereocenters. The third-order valence-corrected chi connectivity index (χ3v) is 4.18. The monoisotopic (exact) mass is 265 g/mol. The molecule has 0 spiro atoms. The number of aryl methyl sites for hydroxylation is 1. The Morgan fingerprint density at radius 1 is 1.28 bits per heavy atom. The predicted octanol–water partition coefficient (Wildman–Crippen LogP) is 4.49. The molecular weight excluding hydrogens is 245 g/mol. The van der Waals surface area contributed by atoms with Crippen LogP contribution in [0.15, 0.2) is 18.2 Å². The summed E-state index contributed by atoms with van der Waals surface area (Å²) < 4.78 is 14.5. The Labute approximate surface area is 112 Å². The van der Waals surface area contributed by atoms with E-state index in [1.807, 2.05) is 6.07 Å². The molecule has 0 radical (unpaired) electrons. The zero-order valence-electron chi connectivity index (χ0n) is 11.4. The first kappa shape index (κ1) is 13.5. The van der Waals surface area contributed by atoms with Crippen molar-refractivity contribution in [3.63, 3.8) is 0 Å². The molecule has 0 bridgehead atoms. The molecule has 0 aliphatic rings. The topological polar surface area (TPSA) is 12.0 Å². The van der Waals surface area contributed by atoms with Gasteiger partial charge >= 0.3 is 0 Å². The maximum Gasteiger partial charge on any atom is 0.123 e. The van der Waals surface area contributed by atoms with Gasteiger partial charge in [0.15, 0.2) is 0 Å². The lowest BCUT2D eigenvalue weighted by molar-refractivity contribution is 0.426. The second kappa shape index (κ2) is 4.98. The van der Waals surface area contributed by atoms with Crippen molar-refractivity contribution in [1.82, 2.24) is 5.32 Å². The fraction of sp³-hybridized carbons (Fsp3) is 0.467. The Morgan fingerprint density at radius 2 is 2.00 bits per heavy atom. The van der Waals surface area contributed by atoms with Gasteiger partial charge in [0.1, 0.15) is 5.82 Å². The van der Waals surface area contributed by atoms with Gasteiger partial charge in [-0.2, -0.15) is 0 Å². The van der Waals surface area contributed by atoms with E-state index in [2.05, 4.69) is 33.0 Å². The highest BCUT2D eigenvalue weighted by Gasteiger charge is 2.14. The highest BCUT2D eigenvalue weighted by Crippen LogP contribution is 2.32. The zero-order valence-corrected chi connectivity index (χ0v) is 12.2. The van der Waals surface area contributed by atoms with E-state index in [9.17, 15) is 4.39 Å².